The van der Waals surface area contributed by atoms with Crippen molar-refractivity contribution < 1.29 is 15.0 Å². The van der Waals surface area contributed by atoms with Gasteiger partial charge in [0.15, 0.2) is 0 Å². The normalized spacial score (nSPS) is 13.9. The largest absolute Gasteiger partial charge is 0.394 e. The van der Waals surface area contributed by atoms with Crippen LogP contribution in [0.3, 0.4) is 0 Å². The Morgan fingerprint density at radius 2 is 0.935 bits per heavy atom. The van der Waals surface area contributed by atoms with Crippen molar-refractivity contribution in [2.24, 2.45) is 0 Å². The molecule has 2 atom stereocenters. The molecule has 0 heterocycles. The van der Waals surface area contributed by atoms with Crippen LogP contribution in [-0.2, 0) is 4.79 Å². The Morgan fingerprint density at radius 1 is 0.522 bits per heavy atom. The maximum atomic E-state index is 12.3. The molecule has 0 saturated heterocycles. The molecule has 3 N–H and O–H groups in total. The van der Waals surface area contributed by atoms with Crippen LogP contribution in [0.1, 0.15) is 168 Å². The fourth-order valence-electron chi connectivity index (χ4n) is 5.17. The van der Waals surface area contributed by atoms with Crippen LogP contribution in [0.25, 0.3) is 0 Å². The van der Waals surface area contributed by atoms with Gasteiger partial charge in [-0.25, -0.2) is 0 Å². The molecule has 0 aromatic rings. The third-order valence-corrected chi connectivity index (χ3v) is 8.13. The highest BCUT2D eigenvalue weighted by molar-refractivity contribution is 5.76. The third kappa shape index (κ3) is 33.2. The zero-order valence-electron chi connectivity index (χ0n) is 30.1. The number of hydrogen-bond donors (Lipinski definition) is 3. The van der Waals surface area contributed by atoms with E-state index in [2.05, 4.69) is 79.9 Å². The molecule has 0 bridgehead atoms. The highest BCUT2D eigenvalue weighted by Crippen LogP contribution is 2.11. The SMILES string of the molecule is CCC/C=C/CCCCCCCC/C=C/[C@@H](O)[C@H](CO)NC(=O)CCC/C=C/C/C=C/C/C=C/C/C=C/CCCCCCCCC. The van der Waals surface area contributed by atoms with E-state index in [-0.39, 0.29) is 12.5 Å². The minimum Gasteiger partial charge on any atom is -0.394 e. The van der Waals surface area contributed by atoms with Crippen LogP contribution in [-0.4, -0.2) is 34.9 Å². The lowest BCUT2D eigenvalue weighted by molar-refractivity contribution is -0.122. The summed E-state index contributed by atoms with van der Waals surface area (Å²) in [4.78, 5) is 12.3. The van der Waals surface area contributed by atoms with Crippen LogP contribution >= 0.6 is 0 Å². The molecule has 0 aromatic carbocycles. The van der Waals surface area contributed by atoms with Crippen molar-refractivity contribution in [3.8, 4) is 0 Å². The molecule has 1 amide bonds. The summed E-state index contributed by atoms with van der Waals surface area (Å²) in [6.45, 7) is 4.20. The number of amides is 1. The summed E-state index contributed by atoms with van der Waals surface area (Å²) >= 11 is 0. The minimum absolute atomic E-state index is 0.125. The molecule has 0 aliphatic rings. The Kier molecular flexibility index (Phi) is 35.5. The fourth-order valence-corrected chi connectivity index (χ4v) is 5.17. The summed E-state index contributed by atoms with van der Waals surface area (Å²) in [6, 6.07) is -0.657. The van der Waals surface area contributed by atoms with Crippen LogP contribution in [0.5, 0.6) is 0 Å². The average Bonchev–Trinajstić information content (AvgIpc) is 3.06. The van der Waals surface area contributed by atoms with Crippen molar-refractivity contribution in [2.75, 3.05) is 6.61 Å². The van der Waals surface area contributed by atoms with Crippen molar-refractivity contribution >= 4 is 5.91 Å². The summed E-state index contributed by atoms with van der Waals surface area (Å²) in [7, 11) is 0. The summed E-state index contributed by atoms with van der Waals surface area (Å²) in [6.07, 6.45) is 52.8. The van der Waals surface area contributed by atoms with Crippen molar-refractivity contribution in [3.05, 3.63) is 72.9 Å². The summed E-state index contributed by atoms with van der Waals surface area (Å²) < 4.78 is 0. The summed E-state index contributed by atoms with van der Waals surface area (Å²) in [5.74, 6) is -0.125. The van der Waals surface area contributed by atoms with Gasteiger partial charge in [-0.2, -0.15) is 0 Å². The number of carbonyl (C=O) groups is 1. The van der Waals surface area contributed by atoms with Crippen molar-refractivity contribution in [2.45, 2.75) is 180 Å². The monoisotopic (exact) mass is 640 g/mol. The highest BCUT2D eigenvalue weighted by Gasteiger charge is 2.17. The minimum atomic E-state index is -0.868. The van der Waals surface area contributed by atoms with E-state index in [0.717, 1.165) is 44.9 Å². The second kappa shape index (κ2) is 37.3. The second-order valence-corrected chi connectivity index (χ2v) is 12.6. The number of carbonyl (C=O) groups excluding carboxylic acids is 1. The lowest BCUT2D eigenvalue weighted by Gasteiger charge is -2.19. The van der Waals surface area contributed by atoms with E-state index in [4.69, 9.17) is 0 Å². The lowest BCUT2D eigenvalue weighted by atomic mass is 10.1. The van der Waals surface area contributed by atoms with Gasteiger partial charge >= 0.3 is 0 Å². The van der Waals surface area contributed by atoms with E-state index < -0.39 is 12.1 Å². The first-order valence-corrected chi connectivity index (χ1v) is 19.2. The molecule has 0 saturated carbocycles. The Morgan fingerprint density at radius 3 is 1.43 bits per heavy atom. The third-order valence-electron chi connectivity index (χ3n) is 8.13. The zero-order chi connectivity index (χ0) is 33.6. The molecule has 0 rings (SSSR count). The molecule has 4 heteroatoms. The molecule has 0 spiro atoms. The first-order valence-electron chi connectivity index (χ1n) is 19.2. The first-order chi connectivity index (χ1) is 22.7. The number of aliphatic hydroxyl groups excluding tert-OH is 2. The molecule has 264 valence electrons. The van der Waals surface area contributed by atoms with E-state index in [1.165, 1.54) is 103 Å². The van der Waals surface area contributed by atoms with Gasteiger partial charge in [0.2, 0.25) is 5.91 Å². The molecule has 0 aliphatic carbocycles. The Balaban J connectivity index is 3.77. The Labute approximate surface area is 285 Å². The Hall–Kier alpha value is -2.17. The van der Waals surface area contributed by atoms with Crippen LogP contribution in [0.2, 0.25) is 0 Å². The van der Waals surface area contributed by atoms with Crippen LogP contribution in [0.4, 0.5) is 0 Å². The molecule has 0 aromatic heterocycles. The van der Waals surface area contributed by atoms with Crippen molar-refractivity contribution in [3.63, 3.8) is 0 Å². The molecule has 0 aliphatic heterocycles. The number of hydrogen-bond acceptors (Lipinski definition) is 3. The van der Waals surface area contributed by atoms with Crippen LogP contribution < -0.4 is 5.32 Å². The van der Waals surface area contributed by atoms with Crippen LogP contribution in [0.15, 0.2) is 72.9 Å². The first kappa shape index (κ1) is 43.8. The molecule has 0 unspecified atom stereocenters. The quantitative estimate of drug-likeness (QED) is 0.0494. The van der Waals surface area contributed by atoms with Gasteiger partial charge in [0, 0.05) is 6.42 Å². The molecule has 4 nitrogen and oxygen atoms in total. The molecule has 46 heavy (non-hydrogen) atoms. The van der Waals surface area contributed by atoms with Crippen LogP contribution in [0, 0.1) is 0 Å². The Bertz CT molecular complexity index is 823. The molecular formula is C42H73NO3. The zero-order valence-corrected chi connectivity index (χ0v) is 30.1. The standard InChI is InChI=1S/C42H73NO3/c1-3-5-7-9-11-13-15-17-18-19-20-21-22-23-24-26-28-30-32-34-36-38-42(46)43-40(39-44)41(45)37-35-33-31-29-27-25-16-14-12-10-8-6-4-2/h8,10,18-19,21-22,24,26,30,32,35,37,40-41,44-45H,3-7,9,11-17,20,23,25,27-29,31,33-34,36,38-39H2,1-2H3,(H,43,46)/b10-8+,19-18+,22-21+,26-24+,32-30+,37-35+/t40-,41+/m0/s1. The molecular weight excluding hydrogens is 566 g/mol. The number of rotatable bonds is 33. The van der Waals surface area contributed by atoms with E-state index in [1.54, 1.807) is 6.08 Å². The van der Waals surface area contributed by atoms with E-state index in [0.29, 0.717) is 6.42 Å². The number of allylic oxidation sites excluding steroid dienone is 11. The second-order valence-electron chi connectivity index (χ2n) is 12.6. The summed E-state index contributed by atoms with van der Waals surface area (Å²) in [5.41, 5.74) is 0. The van der Waals surface area contributed by atoms with Gasteiger partial charge in [-0.05, 0) is 77.0 Å². The van der Waals surface area contributed by atoms with Gasteiger partial charge in [0.1, 0.15) is 0 Å². The average molecular weight is 640 g/mol. The number of aliphatic hydroxyl groups is 2. The van der Waals surface area contributed by atoms with Crippen molar-refractivity contribution in [1.82, 2.24) is 5.32 Å². The van der Waals surface area contributed by atoms with Gasteiger partial charge in [0.25, 0.3) is 0 Å². The van der Waals surface area contributed by atoms with E-state index in [9.17, 15) is 15.0 Å². The lowest BCUT2D eigenvalue weighted by Crippen LogP contribution is -2.45. The van der Waals surface area contributed by atoms with Gasteiger partial charge in [0.05, 0.1) is 18.8 Å². The fraction of sp³-hybridized carbons (Fsp3) is 0.690. The summed E-state index contributed by atoms with van der Waals surface area (Å²) in [5, 5.41) is 22.8. The predicted octanol–water partition coefficient (Wildman–Crippen LogP) is 11.6. The van der Waals surface area contributed by atoms with Gasteiger partial charge < -0.3 is 15.5 Å². The maximum Gasteiger partial charge on any atom is 0.220 e. The molecule has 0 fully saturated rings. The maximum absolute atomic E-state index is 12.3. The van der Waals surface area contributed by atoms with E-state index >= 15 is 0 Å². The predicted molar refractivity (Wildman–Crippen MR) is 202 cm³/mol. The van der Waals surface area contributed by atoms with Gasteiger partial charge in [-0.1, -0.05) is 157 Å². The number of nitrogens with one attached hydrogen (secondary N) is 1. The van der Waals surface area contributed by atoms with Crippen molar-refractivity contribution in [1.29, 1.82) is 0 Å². The number of unbranched alkanes of at least 4 members (excludes halogenated alkanes) is 16. The van der Waals surface area contributed by atoms with E-state index in [1.807, 2.05) is 6.08 Å². The molecule has 0 radical (unpaired) electrons. The van der Waals surface area contributed by atoms with Gasteiger partial charge in [-0.3, -0.25) is 4.79 Å². The van der Waals surface area contributed by atoms with Gasteiger partial charge in [-0.15, -0.1) is 0 Å². The topological polar surface area (TPSA) is 69.6 Å². The highest BCUT2D eigenvalue weighted by atomic mass is 16.3. The smallest absolute Gasteiger partial charge is 0.220 e.